The van der Waals surface area contributed by atoms with Gasteiger partial charge in [-0.3, -0.25) is 14.3 Å². The summed E-state index contributed by atoms with van der Waals surface area (Å²) in [7, 11) is 3.53. The highest BCUT2D eigenvalue weighted by Gasteiger charge is 2.32. The van der Waals surface area contributed by atoms with Gasteiger partial charge in [0.1, 0.15) is 0 Å². The van der Waals surface area contributed by atoms with Crippen molar-refractivity contribution in [3.05, 3.63) is 115 Å². The number of amides is 1. The van der Waals surface area contributed by atoms with Crippen LogP contribution in [-0.4, -0.2) is 32.7 Å². The number of likely N-dealkylation sites (N-methyl/N-ethyl adjacent to an activating group) is 1. The molecule has 6 rings (SSSR count). The molecular formula is C29H22Cl2N6O2S. The van der Waals surface area contributed by atoms with E-state index in [1.54, 1.807) is 44.2 Å². The molecule has 0 unspecified atom stereocenters. The zero-order valence-corrected chi connectivity index (χ0v) is 24.0. The van der Waals surface area contributed by atoms with Crippen molar-refractivity contribution in [1.82, 2.24) is 14.0 Å². The van der Waals surface area contributed by atoms with Crippen LogP contribution in [0.5, 0.6) is 0 Å². The average molecular weight is 590 g/mol. The molecule has 0 bridgehead atoms. The van der Waals surface area contributed by atoms with E-state index in [1.807, 2.05) is 73.9 Å². The minimum atomic E-state index is -0.271. The number of hydrogen-bond donors (Lipinski definition) is 0. The SMILES string of the molecule is Cc1c(N=c2scc(-c3ccc(Cl)cc3Cl)n2N=C2C(=O)N(C)c3ccccc32)c(=O)n(-c2ccccc2)n1C. The summed E-state index contributed by atoms with van der Waals surface area (Å²) in [6, 6.07) is 22.0. The van der Waals surface area contributed by atoms with Crippen LogP contribution in [0.4, 0.5) is 11.4 Å². The number of carbonyl (C=O) groups excluding carboxylic acids is 1. The maximum Gasteiger partial charge on any atom is 0.297 e. The number of fused-ring (bicyclic) bond motifs is 1. The fourth-order valence-corrected chi connectivity index (χ4v) is 6.01. The van der Waals surface area contributed by atoms with Gasteiger partial charge in [-0.2, -0.15) is 5.10 Å². The first-order valence-electron chi connectivity index (χ1n) is 12.3. The Bertz CT molecular complexity index is 1970. The molecule has 0 radical (unpaired) electrons. The number of aromatic nitrogens is 3. The summed E-state index contributed by atoms with van der Waals surface area (Å²) in [6.45, 7) is 1.84. The Hall–Kier alpha value is -4.18. The molecule has 1 amide bonds. The van der Waals surface area contributed by atoms with Crippen molar-refractivity contribution < 1.29 is 4.79 Å². The van der Waals surface area contributed by atoms with Crippen LogP contribution in [0.2, 0.25) is 10.0 Å². The van der Waals surface area contributed by atoms with E-state index in [9.17, 15) is 9.59 Å². The first kappa shape index (κ1) is 26.1. The molecule has 5 aromatic rings. The van der Waals surface area contributed by atoms with Gasteiger partial charge in [0.15, 0.2) is 11.4 Å². The second-order valence-electron chi connectivity index (χ2n) is 9.19. The van der Waals surface area contributed by atoms with Crippen LogP contribution in [0.25, 0.3) is 16.9 Å². The van der Waals surface area contributed by atoms with E-state index in [1.165, 1.54) is 11.3 Å². The molecule has 2 aromatic heterocycles. The van der Waals surface area contributed by atoms with Crippen LogP contribution in [0.15, 0.2) is 93.1 Å². The highest BCUT2D eigenvalue weighted by atomic mass is 35.5. The Morgan fingerprint density at radius 3 is 2.35 bits per heavy atom. The normalized spacial score (nSPS) is 14.4. The van der Waals surface area contributed by atoms with Crippen LogP contribution in [0.1, 0.15) is 11.3 Å². The molecule has 8 nitrogen and oxygen atoms in total. The molecule has 0 atom stereocenters. The van der Waals surface area contributed by atoms with Gasteiger partial charge in [0.2, 0.25) is 4.80 Å². The van der Waals surface area contributed by atoms with Crippen molar-refractivity contribution in [2.24, 2.45) is 17.1 Å². The summed E-state index contributed by atoms with van der Waals surface area (Å²) in [5.41, 5.74) is 4.39. The largest absolute Gasteiger partial charge is 0.309 e. The van der Waals surface area contributed by atoms with E-state index in [-0.39, 0.29) is 22.9 Å². The van der Waals surface area contributed by atoms with Gasteiger partial charge in [0.05, 0.1) is 27.8 Å². The molecule has 1 aliphatic heterocycles. The van der Waals surface area contributed by atoms with Gasteiger partial charge in [-0.15, -0.1) is 11.3 Å². The second kappa shape index (κ2) is 10.1. The van der Waals surface area contributed by atoms with E-state index in [4.69, 9.17) is 33.3 Å². The average Bonchev–Trinajstić information content (AvgIpc) is 3.52. The smallest absolute Gasteiger partial charge is 0.297 e. The highest BCUT2D eigenvalue weighted by molar-refractivity contribution is 7.07. The molecule has 3 heterocycles. The van der Waals surface area contributed by atoms with Gasteiger partial charge in [0, 0.05) is 35.6 Å². The Morgan fingerprint density at radius 1 is 0.875 bits per heavy atom. The number of benzene rings is 3. The lowest BCUT2D eigenvalue weighted by molar-refractivity contribution is -0.112. The van der Waals surface area contributed by atoms with E-state index in [2.05, 4.69) is 0 Å². The van der Waals surface area contributed by atoms with E-state index in [0.717, 1.165) is 11.4 Å². The summed E-state index contributed by atoms with van der Waals surface area (Å²) < 4.78 is 4.91. The van der Waals surface area contributed by atoms with Crippen molar-refractivity contribution in [3.8, 4) is 16.9 Å². The Kier molecular flexibility index (Phi) is 6.58. The monoisotopic (exact) mass is 588 g/mol. The maximum atomic E-state index is 13.6. The lowest BCUT2D eigenvalue weighted by Gasteiger charge is -2.08. The fraction of sp³-hybridized carbons (Fsp3) is 0.103. The standard InChI is InChI=1S/C29H22Cl2N6O2S/c1-17-25(28(39)37(35(17)3)19-9-5-4-6-10-19)32-29-36(24(16-40-29)20-14-13-18(30)15-22(20)31)33-26-21-11-7-8-12-23(21)34(2)27(26)38/h4-16H,1-3H3. The van der Waals surface area contributed by atoms with Crippen LogP contribution in [0.3, 0.4) is 0 Å². The van der Waals surface area contributed by atoms with Gasteiger partial charge < -0.3 is 4.90 Å². The highest BCUT2D eigenvalue weighted by Crippen LogP contribution is 2.32. The first-order chi connectivity index (χ1) is 19.3. The number of rotatable bonds is 4. The first-order valence-corrected chi connectivity index (χ1v) is 13.9. The third-order valence-corrected chi connectivity index (χ3v) is 8.22. The maximum absolute atomic E-state index is 13.6. The molecule has 3 aromatic carbocycles. The Labute approximate surface area is 243 Å². The van der Waals surface area contributed by atoms with Gasteiger partial charge in [-0.1, -0.05) is 59.6 Å². The zero-order chi connectivity index (χ0) is 28.1. The van der Waals surface area contributed by atoms with Crippen LogP contribution in [-0.2, 0) is 11.8 Å². The van der Waals surface area contributed by atoms with Crippen molar-refractivity contribution in [2.45, 2.75) is 6.92 Å². The van der Waals surface area contributed by atoms with Crippen molar-refractivity contribution >= 4 is 57.5 Å². The molecule has 0 saturated heterocycles. The molecule has 0 fully saturated rings. The van der Waals surface area contributed by atoms with Crippen LogP contribution >= 0.6 is 34.5 Å². The quantitative estimate of drug-likeness (QED) is 0.267. The lowest BCUT2D eigenvalue weighted by atomic mass is 10.1. The summed E-state index contributed by atoms with van der Waals surface area (Å²) in [4.78, 5) is 33.7. The zero-order valence-electron chi connectivity index (χ0n) is 21.7. The molecule has 200 valence electrons. The molecule has 0 saturated carbocycles. The van der Waals surface area contributed by atoms with Crippen molar-refractivity contribution in [2.75, 3.05) is 11.9 Å². The Morgan fingerprint density at radius 2 is 1.60 bits per heavy atom. The van der Waals surface area contributed by atoms with E-state index < -0.39 is 0 Å². The van der Waals surface area contributed by atoms with Crippen LogP contribution < -0.4 is 15.3 Å². The van der Waals surface area contributed by atoms with Crippen molar-refractivity contribution in [1.29, 1.82) is 0 Å². The summed E-state index contributed by atoms with van der Waals surface area (Å²) >= 11 is 14.0. The van der Waals surface area contributed by atoms with Gasteiger partial charge in [-0.05, 0) is 43.3 Å². The van der Waals surface area contributed by atoms with Gasteiger partial charge in [0.25, 0.3) is 11.5 Å². The van der Waals surface area contributed by atoms with Crippen LogP contribution in [0, 0.1) is 6.92 Å². The summed E-state index contributed by atoms with van der Waals surface area (Å²) in [6.07, 6.45) is 0. The topological polar surface area (TPSA) is 76.9 Å². The number of para-hydroxylation sites is 2. The third kappa shape index (κ3) is 4.23. The van der Waals surface area contributed by atoms with Crippen molar-refractivity contribution in [3.63, 3.8) is 0 Å². The predicted octanol–water partition coefficient (Wildman–Crippen LogP) is 5.78. The van der Waals surface area contributed by atoms with E-state index >= 15 is 0 Å². The second-order valence-corrected chi connectivity index (χ2v) is 10.9. The molecule has 11 heteroatoms. The molecule has 40 heavy (non-hydrogen) atoms. The van der Waals surface area contributed by atoms with Gasteiger partial charge in [-0.25, -0.2) is 14.4 Å². The molecule has 0 aliphatic carbocycles. The lowest BCUT2D eigenvalue weighted by Crippen LogP contribution is -2.27. The predicted molar refractivity (Wildman–Crippen MR) is 161 cm³/mol. The molecule has 0 spiro atoms. The molecular weight excluding hydrogens is 567 g/mol. The summed E-state index contributed by atoms with van der Waals surface area (Å²) in [5.74, 6) is -0.249. The minimum Gasteiger partial charge on any atom is -0.309 e. The summed E-state index contributed by atoms with van der Waals surface area (Å²) in [5, 5.41) is 7.59. The number of anilines is 1. The number of hydrogen-bond acceptors (Lipinski definition) is 5. The minimum absolute atomic E-state index is 0.249. The number of nitrogens with zero attached hydrogens (tertiary/aromatic N) is 6. The fourth-order valence-electron chi connectivity index (χ4n) is 4.68. The van der Waals surface area contributed by atoms with E-state index in [0.29, 0.717) is 37.4 Å². The molecule has 1 aliphatic rings. The number of thiazole rings is 1. The number of carbonyl (C=O) groups is 1. The third-order valence-electron chi connectivity index (χ3n) is 6.85. The number of halogens is 2. The Balaban J connectivity index is 1.62. The molecule has 0 N–H and O–H groups in total. The van der Waals surface area contributed by atoms with Gasteiger partial charge >= 0.3 is 0 Å².